The number of nitrogens with two attached hydrogens (primary N) is 1. The summed E-state index contributed by atoms with van der Waals surface area (Å²) in [5, 5.41) is 0. The van der Waals surface area contributed by atoms with Crippen molar-refractivity contribution in [2.24, 2.45) is 5.73 Å². The van der Waals surface area contributed by atoms with Crippen molar-refractivity contribution < 1.29 is 27.0 Å². The molecule has 2 N–H and O–H groups in total. The first kappa shape index (κ1) is 14.6. The van der Waals surface area contributed by atoms with Crippen LogP contribution < -0.4 is 15.2 Å². The number of halogens is 4. The number of methoxy groups -OCH3 is 1. The molecule has 0 aliphatic carbocycles. The second-order valence-corrected chi connectivity index (χ2v) is 3.54. The molecule has 3 nitrogen and oxygen atoms in total. The fourth-order valence-electron chi connectivity index (χ4n) is 1.19. The minimum absolute atomic E-state index is 0.377. The Bertz CT molecular complexity index is 381. The van der Waals surface area contributed by atoms with Crippen molar-refractivity contribution in [3.63, 3.8) is 0 Å². The predicted octanol–water partition coefficient (Wildman–Crippen LogP) is 2.65. The number of rotatable bonds is 6. The van der Waals surface area contributed by atoms with Gasteiger partial charge < -0.3 is 15.2 Å². The van der Waals surface area contributed by atoms with Gasteiger partial charge in [0.05, 0.1) is 7.11 Å². The van der Waals surface area contributed by atoms with Gasteiger partial charge in [-0.05, 0) is 30.8 Å². The van der Waals surface area contributed by atoms with Gasteiger partial charge in [0.25, 0.3) is 0 Å². The van der Waals surface area contributed by atoms with Crippen LogP contribution in [-0.4, -0.2) is 25.7 Å². The van der Waals surface area contributed by atoms with Crippen molar-refractivity contribution in [2.45, 2.75) is 18.5 Å². The second-order valence-electron chi connectivity index (χ2n) is 3.54. The van der Waals surface area contributed by atoms with Crippen LogP contribution >= 0.6 is 0 Å². The molecule has 18 heavy (non-hydrogen) atoms. The highest BCUT2D eigenvalue weighted by atomic mass is 19.3. The zero-order valence-corrected chi connectivity index (χ0v) is 9.63. The molecule has 0 unspecified atom stereocenters. The quantitative estimate of drug-likeness (QED) is 0.806. The van der Waals surface area contributed by atoms with E-state index in [1.165, 1.54) is 19.2 Å². The highest BCUT2D eigenvalue weighted by Crippen LogP contribution is 2.38. The zero-order valence-electron chi connectivity index (χ0n) is 9.63. The average Bonchev–Trinajstić information content (AvgIpc) is 2.29. The third kappa shape index (κ3) is 3.25. The first-order chi connectivity index (χ1) is 8.32. The fourth-order valence-corrected chi connectivity index (χ4v) is 1.19. The standard InChI is InChI=1S/C11H13F4NO2/c1-17-8-2-4-9(5-3-8)18-11(14,15)10(12,13)6-7-16/h2-5H,6-7,16H2,1H3. The maximum atomic E-state index is 13.2. The highest BCUT2D eigenvalue weighted by Gasteiger charge is 2.58. The van der Waals surface area contributed by atoms with Crippen LogP contribution in [0.25, 0.3) is 0 Å². The van der Waals surface area contributed by atoms with Crippen molar-refractivity contribution >= 4 is 0 Å². The molecular weight excluding hydrogens is 254 g/mol. The van der Waals surface area contributed by atoms with E-state index in [-0.39, 0.29) is 5.75 Å². The smallest absolute Gasteiger partial charge is 0.464 e. The molecule has 102 valence electrons. The van der Waals surface area contributed by atoms with Gasteiger partial charge in [-0.25, -0.2) is 0 Å². The summed E-state index contributed by atoms with van der Waals surface area (Å²) in [5.41, 5.74) is 4.86. The molecule has 7 heteroatoms. The Kier molecular flexibility index (Phi) is 4.39. The molecule has 0 atom stereocenters. The van der Waals surface area contributed by atoms with Crippen molar-refractivity contribution in [2.75, 3.05) is 13.7 Å². The number of hydrogen-bond acceptors (Lipinski definition) is 3. The van der Waals surface area contributed by atoms with Gasteiger partial charge in [0, 0.05) is 6.42 Å². The molecule has 0 heterocycles. The van der Waals surface area contributed by atoms with Gasteiger partial charge in [0.2, 0.25) is 0 Å². The lowest BCUT2D eigenvalue weighted by Crippen LogP contribution is -2.46. The van der Waals surface area contributed by atoms with Gasteiger partial charge in [-0.15, -0.1) is 0 Å². The van der Waals surface area contributed by atoms with E-state index in [0.29, 0.717) is 5.75 Å². The minimum atomic E-state index is -4.61. The Labute approximate surface area is 101 Å². The Morgan fingerprint density at radius 1 is 1.06 bits per heavy atom. The molecule has 1 rings (SSSR count). The maximum absolute atomic E-state index is 13.2. The van der Waals surface area contributed by atoms with Crippen molar-refractivity contribution in [3.05, 3.63) is 24.3 Å². The zero-order chi connectivity index (χ0) is 13.8. The monoisotopic (exact) mass is 267 g/mol. The van der Waals surface area contributed by atoms with E-state index in [1.807, 2.05) is 0 Å². The molecule has 0 amide bonds. The molecule has 0 spiro atoms. The van der Waals surface area contributed by atoms with Crippen LogP contribution in [0.15, 0.2) is 24.3 Å². The molecule has 1 aromatic rings. The van der Waals surface area contributed by atoms with E-state index in [4.69, 9.17) is 10.5 Å². The number of hydrogen-bond donors (Lipinski definition) is 1. The lowest BCUT2D eigenvalue weighted by molar-refractivity contribution is -0.310. The van der Waals surface area contributed by atoms with Crippen molar-refractivity contribution in [3.8, 4) is 11.5 Å². The third-order valence-corrected chi connectivity index (χ3v) is 2.19. The Hall–Kier alpha value is -1.50. The molecule has 0 bridgehead atoms. The Morgan fingerprint density at radius 2 is 1.56 bits per heavy atom. The largest absolute Gasteiger partial charge is 0.497 e. The van der Waals surface area contributed by atoms with Crippen molar-refractivity contribution in [1.82, 2.24) is 0 Å². The van der Waals surface area contributed by atoms with E-state index < -0.39 is 25.0 Å². The van der Waals surface area contributed by atoms with Crippen LogP contribution in [0.3, 0.4) is 0 Å². The maximum Gasteiger partial charge on any atom is 0.464 e. The molecule has 0 aliphatic rings. The highest BCUT2D eigenvalue weighted by molar-refractivity contribution is 5.31. The SMILES string of the molecule is COc1ccc(OC(F)(F)C(F)(F)CCN)cc1. The minimum Gasteiger partial charge on any atom is -0.497 e. The predicted molar refractivity (Wildman–Crippen MR) is 57.2 cm³/mol. The lowest BCUT2D eigenvalue weighted by Gasteiger charge is -2.26. The number of benzene rings is 1. The van der Waals surface area contributed by atoms with Gasteiger partial charge in [-0.2, -0.15) is 17.6 Å². The van der Waals surface area contributed by atoms with Crippen LogP contribution in [0.1, 0.15) is 6.42 Å². The molecule has 0 fully saturated rings. The van der Waals surface area contributed by atoms with E-state index in [9.17, 15) is 17.6 Å². The van der Waals surface area contributed by atoms with Gasteiger partial charge >= 0.3 is 12.0 Å². The summed E-state index contributed by atoms with van der Waals surface area (Å²) >= 11 is 0. The van der Waals surface area contributed by atoms with Gasteiger partial charge in [0.15, 0.2) is 0 Å². The summed E-state index contributed by atoms with van der Waals surface area (Å²) in [7, 11) is 1.39. The van der Waals surface area contributed by atoms with Crippen molar-refractivity contribution in [1.29, 1.82) is 0 Å². The van der Waals surface area contributed by atoms with Gasteiger partial charge in [-0.1, -0.05) is 0 Å². The normalized spacial score (nSPS) is 12.3. The summed E-state index contributed by atoms with van der Waals surface area (Å²) in [6, 6.07) is 4.88. The Morgan fingerprint density at radius 3 is 2.00 bits per heavy atom. The van der Waals surface area contributed by atoms with Crippen LogP contribution in [0.5, 0.6) is 11.5 Å². The molecule has 0 aromatic heterocycles. The summed E-state index contributed by atoms with van der Waals surface area (Å²) in [6.07, 6.45) is -5.77. The molecule has 0 aliphatic heterocycles. The first-order valence-corrected chi connectivity index (χ1v) is 5.11. The summed E-state index contributed by atoms with van der Waals surface area (Å²) in [4.78, 5) is 0. The van der Waals surface area contributed by atoms with E-state index in [0.717, 1.165) is 12.1 Å². The summed E-state index contributed by atoms with van der Waals surface area (Å²) in [6.45, 7) is -0.561. The van der Waals surface area contributed by atoms with Crippen LogP contribution in [0, 0.1) is 0 Å². The lowest BCUT2D eigenvalue weighted by atomic mass is 10.2. The fraction of sp³-hybridized carbons (Fsp3) is 0.455. The van der Waals surface area contributed by atoms with Gasteiger partial charge in [0.1, 0.15) is 11.5 Å². The van der Waals surface area contributed by atoms with Gasteiger partial charge in [-0.3, -0.25) is 0 Å². The average molecular weight is 267 g/mol. The summed E-state index contributed by atoms with van der Waals surface area (Å²) in [5.74, 6) is -4.29. The molecular formula is C11H13F4NO2. The van der Waals surface area contributed by atoms with E-state index in [2.05, 4.69) is 4.74 Å². The molecule has 0 radical (unpaired) electrons. The second kappa shape index (κ2) is 5.43. The molecule has 0 saturated carbocycles. The topological polar surface area (TPSA) is 44.5 Å². The number of ether oxygens (including phenoxy) is 2. The summed E-state index contributed by atoms with van der Waals surface area (Å²) < 4.78 is 61.3. The van der Waals surface area contributed by atoms with Crippen LogP contribution in [0.2, 0.25) is 0 Å². The molecule has 0 saturated heterocycles. The molecule has 1 aromatic carbocycles. The van der Waals surface area contributed by atoms with Crippen LogP contribution in [-0.2, 0) is 0 Å². The van der Waals surface area contributed by atoms with Crippen LogP contribution in [0.4, 0.5) is 17.6 Å². The third-order valence-electron chi connectivity index (χ3n) is 2.19. The van der Waals surface area contributed by atoms with E-state index >= 15 is 0 Å². The first-order valence-electron chi connectivity index (χ1n) is 5.11. The number of alkyl halides is 4. The van der Waals surface area contributed by atoms with E-state index in [1.54, 1.807) is 0 Å². The Balaban J connectivity index is 2.80.